The molecule has 5 nitrogen and oxygen atoms in total. The number of carbonyl (C=O) groups is 2. The van der Waals surface area contributed by atoms with Gasteiger partial charge < -0.3 is 14.7 Å². The Morgan fingerprint density at radius 1 is 0.882 bits per heavy atom. The third-order valence-corrected chi connectivity index (χ3v) is 7.08. The van der Waals surface area contributed by atoms with Gasteiger partial charge in [-0.05, 0) is 48.2 Å². The van der Waals surface area contributed by atoms with Crippen LogP contribution in [-0.4, -0.2) is 53.8 Å². The van der Waals surface area contributed by atoms with E-state index in [-0.39, 0.29) is 11.8 Å². The molecular formula is C29H31N3O2. The fourth-order valence-corrected chi connectivity index (χ4v) is 5.14. The summed E-state index contributed by atoms with van der Waals surface area (Å²) in [5.41, 5.74) is 6.53. The smallest absolute Gasteiger partial charge is 0.255 e. The van der Waals surface area contributed by atoms with Crippen molar-refractivity contribution in [3.05, 3.63) is 101 Å². The number of anilines is 1. The molecule has 0 aromatic heterocycles. The Kier molecular flexibility index (Phi) is 6.10. The minimum absolute atomic E-state index is 0.0427. The Bertz CT molecular complexity index is 1200. The molecule has 2 aliphatic rings. The molecule has 1 unspecified atom stereocenters. The van der Waals surface area contributed by atoms with E-state index in [9.17, 15) is 9.59 Å². The molecule has 2 aliphatic heterocycles. The van der Waals surface area contributed by atoms with Gasteiger partial charge in [-0.15, -0.1) is 0 Å². The molecule has 0 saturated carbocycles. The van der Waals surface area contributed by atoms with Crippen molar-refractivity contribution in [3.8, 4) is 0 Å². The summed E-state index contributed by atoms with van der Waals surface area (Å²) in [7, 11) is 0. The molecule has 0 bridgehead atoms. The van der Waals surface area contributed by atoms with Gasteiger partial charge >= 0.3 is 0 Å². The summed E-state index contributed by atoms with van der Waals surface area (Å²) in [5.74, 6) is 0.00419. The third kappa shape index (κ3) is 4.30. The lowest BCUT2D eigenvalue weighted by Gasteiger charge is -2.39. The van der Waals surface area contributed by atoms with Crippen LogP contribution >= 0.6 is 0 Å². The molecule has 3 aromatic rings. The van der Waals surface area contributed by atoms with Gasteiger partial charge in [-0.3, -0.25) is 9.59 Å². The van der Waals surface area contributed by atoms with Crippen molar-refractivity contribution in [1.82, 2.24) is 9.80 Å². The Labute approximate surface area is 201 Å². The summed E-state index contributed by atoms with van der Waals surface area (Å²) in [5, 5.41) is 0. The zero-order valence-corrected chi connectivity index (χ0v) is 19.9. The second-order valence-electron chi connectivity index (χ2n) is 9.40. The van der Waals surface area contributed by atoms with Gasteiger partial charge in [0, 0.05) is 50.4 Å². The lowest BCUT2D eigenvalue weighted by atomic mass is 10.0. The number of aryl methyl sites for hydroxylation is 2. The fraction of sp³-hybridized carbons (Fsp3) is 0.310. The standard InChI is InChI=1S/C29H31N3O2/c1-21-12-13-22(2)26(18-21)30-14-16-31(17-15-30)29(34)27(19-23-8-4-3-5-9-23)32-20-24-10-6-7-11-25(24)28(32)33/h3-13,18,27H,14-17,19-20H2,1-2H3. The van der Waals surface area contributed by atoms with Crippen molar-refractivity contribution in [3.63, 3.8) is 0 Å². The number of piperazine rings is 1. The minimum atomic E-state index is -0.505. The molecule has 174 valence electrons. The molecule has 5 rings (SSSR count). The molecule has 34 heavy (non-hydrogen) atoms. The summed E-state index contributed by atoms with van der Waals surface area (Å²) >= 11 is 0. The van der Waals surface area contributed by atoms with Gasteiger partial charge in [-0.1, -0.05) is 60.7 Å². The maximum Gasteiger partial charge on any atom is 0.255 e. The van der Waals surface area contributed by atoms with Gasteiger partial charge in [0.15, 0.2) is 0 Å². The highest BCUT2D eigenvalue weighted by atomic mass is 16.2. The van der Waals surface area contributed by atoms with Crippen LogP contribution < -0.4 is 4.90 Å². The fourth-order valence-electron chi connectivity index (χ4n) is 5.14. The van der Waals surface area contributed by atoms with Crippen molar-refractivity contribution in [2.75, 3.05) is 31.1 Å². The first-order valence-corrected chi connectivity index (χ1v) is 12.0. The molecular weight excluding hydrogens is 422 g/mol. The molecule has 0 radical (unpaired) electrons. The Morgan fingerprint density at radius 2 is 1.59 bits per heavy atom. The summed E-state index contributed by atoms with van der Waals surface area (Å²) in [6, 6.07) is 23.7. The zero-order chi connectivity index (χ0) is 23.7. The van der Waals surface area contributed by atoms with Crippen LogP contribution in [0.1, 0.15) is 32.6 Å². The number of hydrogen-bond donors (Lipinski definition) is 0. The van der Waals surface area contributed by atoms with Crippen molar-refractivity contribution < 1.29 is 9.59 Å². The number of carbonyl (C=O) groups excluding carboxylic acids is 2. The second kappa shape index (κ2) is 9.34. The normalized spacial score (nSPS) is 16.5. The zero-order valence-electron chi connectivity index (χ0n) is 19.9. The number of hydrogen-bond acceptors (Lipinski definition) is 3. The first-order valence-electron chi connectivity index (χ1n) is 12.0. The van der Waals surface area contributed by atoms with Gasteiger partial charge in [0.1, 0.15) is 6.04 Å². The molecule has 1 fully saturated rings. The van der Waals surface area contributed by atoms with Gasteiger partial charge in [-0.2, -0.15) is 0 Å². The topological polar surface area (TPSA) is 43.9 Å². The van der Waals surface area contributed by atoms with E-state index < -0.39 is 6.04 Å². The quantitative estimate of drug-likeness (QED) is 0.581. The van der Waals surface area contributed by atoms with Crippen molar-refractivity contribution in [2.45, 2.75) is 32.9 Å². The van der Waals surface area contributed by atoms with Gasteiger partial charge in [0.2, 0.25) is 5.91 Å². The lowest BCUT2D eigenvalue weighted by molar-refractivity contribution is -0.136. The molecule has 2 heterocycles. The second-order valence-corrected chi connectivity index (χ2v) is 9.40. The molecule has 0 aliphatic carbocycles. The van der Waals surface area contributed by atoms with E-state index in [1.54, 1.807) is 4.90 Å². The lowest BCUT2D eigenvalue weighted by Crippen LogP contribution is -2.55. The minimum Gasteiger partial charge on any atom is -0.368 e. The van der Waals surface area contributed by atoms with E-state index in [0.717, 1.165) is 24.2 Å². The summed E-state index contributed by atoms with van der Waals surface area (Å²) in [4.78, 5) is 33.2. The average Bonchev–Trinajstić information content (AvgIpc) is 3.20. The number of fused-ring (bicyclic) bond motifs is 1. The van der Waals surface area contributed by atoms with E-state index in [1.807, 2.05) is 59.5 Å². The molecule has 0 N–H and O–H groups in total. The number of rotatable bonds is 5. The molecule has 2 amide bonds. The molecule has 3 aromatic carbocycles. The number of amides is 2. The van der Waals surface area contributed by atoms with Crippen LogP contribution in [0.5, 0.6) is 0 Å². The van der Waals surface area contributed by atoms with E-state index >= 15 is 0 Å². The van der Waals surface area contributed by atoms with E-state index in [0.29, 0.717) is 31.6 Å². The molecule has 1 saturated heterocycles. The average molecular weight is 454 g/mol. The van der Waals surface area contributed by atoms with Crippen LogP contribution in [0, 0.1) is 13.8 Å². The van der Waals surface area contributed by atoms with Crippen molar-refractivity contribution in [1.29, 1.82) is 0 Å². The van der Waals surface area contributed by atoms with Crippen LogP contribution in [-0.2, 0) is 17.8 Å². The SMILES string of the molecule is Cc1ccc(C)c(N2CCN(C(=O)C(Cc3ccccc3)N3Cc4ccccc4C3=O)CC2)c1. The first kappa shape index (κ1) is 22.2. The summed E-state index contributed by atoms with van der Waals surface area (Å²) in [6.45, 7) is 7.64. The third-order valence-electron chi connectivity index (χ3n) is 7.08. The predicted molar refractivity (Wildman–Crippen MR) is 135 cm³/mol. The monoisotopic (exact) mass is 453 g/mol. The van der Waals surface area contributed by atoms with Crippen LogP contribution in [0.3, 0.4) is 0 Å². The van der Waals surface area contributed by atoms with Crippen LogP contribution in [0.4, 0.5) is 5.69 Å². The Morgan fingerprint density at radius 3 is 2.32 bits per heavy atom. The Hall–Kier alpha value is -3.60. The molecule has 5 heteroatoms. The van der Waals surface area contributed by atoms with Gasteiger partial charge in [0.25, 0.3) is 5.91 Å². The maximum atomic E-state index is 13.9. The van der Waals surface area contributed by atoms with Crippen molar-refractivity contribution >= 4 is 17.5 Å². The highest BCUT2D eigenvalue weighted by molar-refractivity contribution is 6.01. The van der Waals surface area contributed by atoms with Crippen LogP contribution in [0.2, 0.25) is 0 Å². The summed E-state index contributed by atoms with van der Waals surface area (Å²) in [6.07, 6.45) is 0.524. The molecule has 0 spiro atoms. The highest BCUT2D eigenvalue weighted by Gasteiger charge is 2.38. The van der Waals surface area contributed by atoms with Gasteiger partial charge in [0.05, 0.1) is 0 Å². The van der Waals surface area contributed by atoms with E-state index in [4.69, 9.17) is 0 Å². The van der Waals surface area contributed by atoms with Crippen LogP contribution in [0.25, 0.3) is 0 Å². The number of benzene rings is 3. The predicted octanol–water partition coefficient (Wildman–Crippen LogP) is 4.22. The largest absolute Gasteiger partial charge is 0.368 e. The highest BCUT2D eigenvalue weighted by Crippen LogP contribution is 2.28. The van der Waals surface area contributed by atoms with E-state index in [1.165, 1.54) is 16.8 Å². The van der Waals surface area contributed by atoms with Gasteiger partial charge in [-0.25, -0.2) is 0 Å². The molecule has 1 atom stereocenters. The van der Waals surface area contributed by atoms with Crippen molar-refractivity contribution in [2.24, 2.45) is 0 Å². The number of nitrogens with zero attached hydrogens (tertiary/aromatic N) is 3. The van der Waals surface area contributed by atoms with E-state index in [2.05, 4.69) is 36.9 Å². The maximum absolute atomic E-state index is 13.9. The summed E-state index contributed by atoms with van der Waals surface area (Å²) < 4.78 is 0. The first-order chi connectivity index (χ1) is 16.5. The Balaban J connectivity index is 1.35. The van der Waals surface area contributed by atoms with Crippen LogP contribution in [0.15, 0.2) is 72.8 Å².